The van der Waals surface area contributed by atoms with Crippen LogP contribution in [0.25, 0.3) is 0 Å². The van der Waals surface area contributed by atoms with Gasteiger partial charge < -0.3 is 31.3 Å². The summed E-state index contributed by atoms with van der Waals surface area (Å²) < 4.78 is 26.5. The molecule has 2 aromatic carbocycles. The number of benzene rings is 2. The molecule has 0 amide bonds. The Bertz CT molecular complexity index is 1160. The number of halogens is 2. The van der Waals surface area contributed by atoms with Gasteiger partial charge in [-0.25, -0.2) is 4.39 Å². The van der Waals surface area contributed by atoms with Gasteiger partial charge in [0.1, 0.15) is 36.0 Å². The summed E-state index contributed by atoms with van der Waals surface area (Å²) in [6.07, 6.45) is 7.85. The van der Waals surface area contributed by atoms with Crippen molar-refractivity contribution in [1.82, 2.24) is 5.16 Å². The zero-order valence-electron chi connectivity index (χ0n) is 21.2. The highest BCUT2D eigenvalue weighted by Crippen LogP contribution is 2.44. The Balaban J connectivity index is 0.00000280. The summed E-state index contributed by atoms with van der Waals surface area (Å²) in [5.41, 5.74) is 0.405. The molecule has 3 saturated heterocycles. The lowest BCUT2D eigenvalue weighted by Crippen LogP contribution is -3.00. The SMILES string of the molecule is O[C@](c1ccccc1)(c1cc(C[N+]23CCC(CC2)[C@@H](Oc2ccc(F)cc2)C3)on1)C1CCCCC1.[Cl-]. The highest BCUT2D eigenvalue weighted by Gasteiger charge is 2.48. The summed E-state index contributed by atoms with van der Waals surface area (Å²) in [5, 5.41) is 16.7. The van der Waals surface area contributed by atoms with Crippen molar-refractivity contribution >= 4 is 0 Å². The highest BCUT2D eigenvalue weighted by molar-refractivity contribution is 5.33. The van der Waals surface area contributed by atoms with Crippen LogP contribution in [0.4, 0.5) is 4.39 Å². The smallest absolute Gasteiger partial charge is 0.191 e. The molecule has 37 heavy (non-hydrogen) atoms. The van der Waals surface area contributed by atoms with Crippen molar-refractivity contribution < 1.29 is 35.6 Å². The van der Waals surface area contributed by atoms with Gasteiger partial charge in [-0.05, 0) is 48.6 Å². The summed E-state index contributed by atoms with van der Waals surface area (Å²) in [4.78, 5) is 0. The quantitative estimate of drug-likeness (QED) is 0.481. The van der Waals surface area contributed by atoms with Crippen molar-refractivity contribution in [3.8, 4) is 5.75 Å². The fourth-order valence-electron chi connectivity index (χ4n) is 6.97. The van der Waals surface area contributed by atoms with E-state index in [2.05, 4.69) is 5.16 Å². The summed E-state index contributed by atoms with van der Waals surface area (Å²) in [5.74, 6) is 1.99. The van der Waals surface area contributed by atoms with Crippen LogP contribution in [0.3, 0.4) is 0 Å². The number of fused-ring (bicyclic) bond motifs is 3. The second kappa shape index (κ2) is 10.8. The number of nitrogens with zero attached hydrogens (tertiary/aromatic N) is 2. The lowest BCUT2D eigenvalue weighted by atomic mass is 9.71. The molecular weight excluding hydrogens is 491 g/mol. The zero-order chi connectivity index (χ0) is 24.6. The molecule has 5 nitrogen and oxygen atoms in total. The van der Waals surface area contributed by atoms with E-state index < -0.39 is 5.60 Å². The third-order valence-electron chi connectivity index (χ3n) is 8.99. The minimum atomic E-state index is -1.13. The van der Waals surface area contributed by atoms with Crippen molar-refractivity contribution in [2.45, 2.75) is 63.2 Å². The molecule has 2 bridgehead atoms. The van der Waals surface area contributed by atoms with Gasteiger partial charge >= 0.3 is 0 Å². The van der Waals surface area contributed by atoms with E-state index in [0.717, 1.165) is 86.3 Å². The first-order chi connectivity index (χ1) is 17.5. The van der Waals surface area contributed by atoms with Gasteiger partial charge in [0.2, 0.25) is 0 Å². The monoisotopic (exact) mass is 526 g/mol. The second-order valence-electron chi connectivity index (χ2n) is 11.2. The molecule has 0 radical (unpaired) electrons. The Morgan fingerprint density at radius 3 is 2.38 bits per heavy atom. The third-order valence-corrected chi connectivity index (χ3v) is 8.99. The van der Waals surface area contributed by atoms with Crippen LogP contribution in [0.15, 0.2) is 65.2 Å². The summed E-state index contributed by atoms with van der Waals surface area (Å²) in [6.45, 7) is 3.84. The fourth-order valence-corrected chi connectivity index (χ4v) is 6.97. The van der Waals surface area contributed by atoms with E-state index in [1.165, 1.54) is 18.6 Å². The number of hydrogen-bond donors (Lipinski definition) is 1. The Hall–Kier alpha value is -2.41. The van der Waals surface area contributed by atoms with E-state index >= 15 is 0 Å². The van der Waals surface area contributed by atoms with Crippen molar-refractivity contribution in [2.24, 2.45) is 11.8 Å². The van der Waals surface area contributed by atoms with E-state index in [4.69, 9.17) is 9.26 Å². The Labute approximate surface area is 224 Å². The van der Waals surface area contributed by atoms with E-state index in [1.54, 1.807) is 12.1 Å². The lowest BCUT2D eigenvalue weighted by molar-refractivity contribution is -0.959. The van der Waals surface area contributed by atoms with Crippen LogP contribution in [0.5, 0.6) is 5.75 Å². The number of quaternary nitrogens is 1. The van der Waals surface area contributed by atoms with Gasteiger partial charge in [-0.15, -0.1) is 0 Å². The van der Waals surface area contributed by atoms with E-state index in [9.17, 15) is 9.50 Å². The van der Waals surface area contributed by atoms with Crippen molar-refractivity contribution in [3.63, 3.8) is 0 Å². The Kier molecular flexibility index (Phi) is 7.62. The van der Waals surface area contributed by atoms with E-state index in [-0.39, 0.29) is 30.2 Å². The van der Waals surface area contributed by atoms with Crippen LogP contribution in [0.2, 0.25) is 0 Å². The van der Waals surface area contributed by atoms with Crippen LogP contribution < -0.4 is 17.1 Å². The number of aliphatic hydroxyl groups is 1. The molecule has 1 N–H and O–H groups in total. The maximum Gasteiger partial charge on any atom is 0.191 e. The van der Waals surface area contributed by atoms with Crippen LogP contribution in [-0.4, -0.2) is 40.5 Å². The Morgan fingerprint density at radius 2 is 1.68 bits per heavy atom. The first kappa shape index (κ1) is 26.2. The largest absolute Gasteiger partial charge is 1.00 e. The number of hydrogen-bond acceptors (Lipinski definition) is 4. The summed E-state index contributed by atoms with van der Waals surface area (Å²) >= 11 is 0. The Morgan fingerprint density at radius 1 is 0.973 bits per heavy atom. The van der Waals surface area contributed by atoms with Gasteiger partial charge in [-0.2, -0.15) is 0 Å². The van der Waals surface area contributed by atoms with Crippen LogP contribution in [0, 0.1) is 17.7 Å². The molecule has 1 aromatic heterocycles. The maximum absolute atomic E-state index is 13.3. The van der Waals surface area contributed by atoms with Crippen molar-refractivity contribution in [2.75, 3.05) is 19.6 Å². The van der Waals surface area contributed by atoms with Crippen LogP contribution >= 0.6 is 0 Å². The first-order valence-corrected chi connectivity index (χ1v) is 13.6. The normalized spacial score (nSPS) is 27.3. The van der Waals surface area contributed by atoms with Gasteiger partial charge in [-0.3, -0.25) is 0 Å². The average Bonchev–Trinajstić information content (AvgIpc) is 3.39. The molecule has 1 saturated carbocycles. The lowest BCUT2D eigenvalue weighted by Gasteiger charge is -2.51. The van der Waals surface area contributed by atoms with E-state index in [0.29, 0.717) is 11.6 Å². The van der Waals surface area contributed by atoms with Gasteiger partial charge in [0.15, 0.2) is 11.9 Å². The van der Waals surface area contributed by atoms with E-state index in [1.807, 2.05) is 36.4 Å². The molecule has 3 aliphatic heterocycles. The molecule has 2 atom stereocenters. The molecule has 0 spiro atoms. The number of ether oxygens (including phenoxy) is 1. The third kappa shape index (κ3) is 5.16. The molecule has 198 valence electrons. The molecule has 0 unspecified atom stereocenters. The molecule has 7 heteroatoms. The fraction of sp³-hybridized carbons (Fsp3) is 0.500. The van der Waals surface area contributed by atoms with Gasteiger partial charge in [0.05, 0.1) is 13.1 Å². The molecule has 4 heterocycles. The molecule has 4 fully saturated rings. The maximum atomic E-state index is 13.3. The van der Waals surface area contributed by atoms with Crippen LogP contribution in [-0.2, 0) is 12.1 Å². The van der Waals surface area contributed by atoms with Crippen molar-refractivity contribution in [3.05, 3.63) is 83.5 Å². The standard InChI is InChI=1S/C30H36FN2O3.ClH/c31-25-11-13-26(14-12-25)35-28-21-33(17-15-22(28)16-18-33)20-27-19-29(32-36-27)30(34,23-7-3-1-4-8-23)24-9-5-2-6-10-24;/h1,3-4,7-8,11-14,19,22,24,28,34H,2,5-6,9-10,15-18,20-21H2;1H/q+1;/p-1/t22?,28-,30-,33?;/m0./s1. The predicted octanol–water partition coefficient (Wildman–Crippen LogP) is 2.82. The minimum absolute atomic E-state index is 0. The summed E-state index contributed by atoms with van der Waals surface area (Å²) in [6, 6.07) is 18.3. The van der Waals surface area contributed by atoms with Crippen molar-refractivity contribution in [1.29, 1.82) is 0 Å². The van der Waals surface area contributed by atoms with Gasteiger partial charge in [-0.1, -0.05) is 54.8 Å². The molecule has 4 aliphatic rings. The molecule has 3 aromatic rings. The summed E-state index contributed by atoms with van der Waals surface area (Å²) in [7, 11) is 0. The predicted molar refractivity (Wildman–Crippen MR) is 135 cm³/mol. The number of aromatic nitrogens is 1. The highest BCUT2D eigenvalue weighted by atomic mass is 35.5. The minimum Gasteiger partial charge on any atom is -1.00 e. The zero-order valence-corrected chi connectivity index (χ0v) is 22.0. The second-order valence-corrected chi connectivity index (χ2v) is 11.2. The van der Waals surface area contributed by atoms with Gasteiger partial charge in [0, 0.05) is 24.8 Å². The first-order valence-electron chi connectivity index (χ1n) is 13.6. The molecule has 7 rings (SSSR count). The topological polar surface area (TPSA) is 55.5 Å². The number of piperidine rings is 3. The van der Waals surface area contributed by atoms with Gasteiger partial charge in [0.25, 0.3) is 0 Å². The molecule has 1 aliphatic carbocycles. The number of rotatable bonds is 7. The van der Waals surface area contributed by atoms with Crippen LogP contribution in [0.1, 0.15) is 62.0 Å². The average molecular weight is 527 g/mol. The molecular formula is C30H36ClFN2O3.